The summed E-state index contributed by atoms with van der Waals surface area (Å²) in [6, 6.07) is -0.489. The van der Waals surface area contributed by atoms with Crippen LogP contribution in [0.3, 0.4) is 0 Å². The number of aliphatic hydroxyl groups excluding tert-OH is 1. The second-order valence-electron chi connectivity index (χ2n) is 39.6. The Balaban J connectivity index is 0.000000381. The molecule has 750 valence electrons. The topological polar surface area (TPSA) is 362 Å². The number of likely N-dealkylation sites (N-methyl/N-ethyl adjacent to an activating group) is 8. The van der Waals surface area contributed by atoms with Gasteiger partial charge in [-0.3, -0.25) is 52.8 Å². The van der Waals surface area contributed by atoms with Crippen LogP contribution in [-0.2, 0) is 71.6 Å². The lowest BCUT2D eigenvalue weighted by molar-refractivity contribution is -0.147. The highest BCUT2D eigenvalue weighted by Crippen LogP contribution is 2.29. The summed E-state index contributed by atoms with van der Waals surface area (Å²) in [6.45, 7) is 40.6. The molecule has 8 amide bonds. The van der Waals surface area contributed by atoms with E-state index in [4.69, 9.17) is 14.2 Å². The third kappa shape index (κ3) is 41.1. The third-order valence-corrected chi connectivity index (χ3v) is 27.2. The Morgan fingerprint density at radius 1 is 0.380 bits per heavy atom. The Bertz CT molecular complexity index is 3050. The molecule has 10 fully saturated rings. The van der Waals surface area contributed by atoms with Crippen LogP contribution in [-0.4, -0.2) is 393 Å². The molecule has 33 heteroatoms. The minimum absolute atomic E-state index is 0.00194. The predicted octanol–water partition coefficient (Wildman–Crippen LogP) is 5.45. The summed E-state index contributed by atoms with van der Waals surface area (Å²) in [6.07, 6.45) is 21.3. The van der Waals surface area contributed by atoms with Gasteiger partial charge in [0.25, 0.3) is 0 Å². The summed E-state index contributed by atoms with van der Waals surface area (Å²) in [7, 11) is 23.1. The number of carbonyl (C=O) groups excluding carboxylic acids is 10. The molecule has 0 radical (unpaired) electrons. The van der Waals surface area contributed by atoms with Gasteiger partial charge in [0, 0.05) is 112 Å². The molecule has 0 aliphatic carbocycles. The lowest BCUT2D eigenvalue weighted by Crippen LogP contribution is -2.49. The number of ether oxygens (including phenoxy) is 5. The number of methoxy groups -OCH3 is 3. The number of esters is 2. The van der Waals surface area contributed by atoms with E-state index in [1.54, 1.807) is 42.8 Å². The maximum absolute atomic E-state index is 12.5. The molecule has 10 heterocycles. The molecule has 10 rings (SSSR count). The van der Waals surface area contributed by atoms with Gasteiger partial charge < -0.3 is 111 Å². The summed E-state index contributed by atoms with van der Waals surface area (Å²) in [4.78, 5) is 137. The number of nitrogens with one attached hydrogen (secondary N) is 8. The van der Waals surface area contributed by atoms with Crippen LogP contribution in [0.25, 0.3) is 0 Å². The lowest BCUT2D eigenvalue weighted by atomic mass is 9.95. The predicted molar refractivity (Wildman–Crippen MR) is 510 cm³/mol. The number of aliphatic hydroxyl groups is 1. The van der Waals surface area contributed by atoms with E-state index < -0.39 is 6.10 Å². The molecule has 18 unspecified atom stereocenters. The monoisotopic (exact) mass is 1830 g/mol. The highest BCUT2D eigenvalue weighted by molar-refractivity contribution is 5.88. The molecule has 0 aromatic carbocycles. The fourth-order valence-corrected chi connectivity index (χ4v) is 19.6. The number of carbonyl (C=O) groups is 10. The number of β-amino-alcohol motifs (C(OH)–C–C–N with tert-alkyl or cyclic N) is 1. The Kier molecular flexibility index (Phi) is 57.7. The molecule has 0 bridgehead atoms. The minimum atomic E-state index is -0.445. The van der Waals surface area contributed by atoms with Crippen molar-refractivity contribution in [2.75, 3.05) is 230 Å². The smallest absolute Gasteiger partial charge is 0.325 e. The molecule has 10 saturated heterocycles. The van der Waals surface area contributed by atoms with Crippen LogP contribution in [0.5, 0.6) is 0 Å². The van der Waals surface area contributed by atoms with Gasteiger partial charge in [-0.15, -0.1) is 0 Å². The van der Waals surface area contributed by atoms with Crippen LogP contribution in [0, 0.1) is 64.6 Å². The van der Waals surface area contributed by atoms with E-state index in [-0.39, 0.29) is 120 Å². The Morgan fingerprint density at radius 3 is 0.961 bits per heavy atom. The van der Waals surface area contributed by atoms with Crippen LogP contribution in [0.15, 0.2) is 0 Å². The number of hydrogen-bond donors (Lipinski definition) is 9. The Labute approximate surface area is 779 Å². The average molecular weight is 1830 g/mol. The highest BCUT2D eigenvalue weighted by atomic mass is 16.5. The normalized spacial score (nSPS) is 29.3. The van der Waals surface area contributed by atoms with E-state index in [2.05, 4.69) is 138 Å². The van der Waals surface area contributed by atoms with Gasteiger partial charge in [0.05, 0.1) is 88.5 Å². The maximum Gasteiger partial charge on any atom is 0.325 e. The quantitative estimate of drug-likeness (QED) is 0.0542. The first-order chi connectivity index (χ1) is 61.3. The average Bonchev–Trinajstić information content (AvgIpc) is 1.78. The van der Waals surface area contributed by atoms with Crippen LogP contribution in [0.2, 0.25) is 0 Å². The fourth-order valence-electron chi connectivity index (χ4n) is 19.6. The van der Waals surface area contributed by atoms with Gasteiger partial charge >= 0.3 is 11.9 Å². The van der Waals surface area contributed by atoms with Gasteiger partial charge in [0.1, 0.15) is 13.1 Å². The Morgan fingerprint density at radius 2 is 0.659 bits per heavy atom. The van der Waals surface area contributed by atoms with Crippen molar-refractivity contribution in [3.8, 4) is 0 Å². The van der Waals surface area contributed by atoms with E-state index in [9.17, 15) is 53.1 Å². The molecule has 10 aliphatic rings. The molecular formula is C96H185N17O16. The first kappa shape index (κ1) is 117. The van der Waals surface area contributed by atoms with Gasteiger partial charge in [-0.05, 0) is 270 Å². The second-order valence-corrected chi connectivity index (χ2v) is 39.6. The number of rotatable bonds is 24. The molecule has 0 aromatic heterocycles. The van der Waals surface area contributed by atoms with Gasteiger partial charge in [-0.1, -0.05) is 76.2 Å². The van der Waals surface area contributed by atoms with E-state index in [1.807, 2.05) is 76.0 Å². The van der Waals surface area contributed by atoms with Crippen molar-refractivity contribution in [2.45, 2.75) is 266 Å². The van der Waals surface area contributed by atoms with E-state index in [0.717, 1.165) is 214 Å². The molecule has 18 atom stereocenters. The molecule has 129 heavy (non-hydrogen) atoms. The summed E-state index contributed by atoms with van der Waals surface area (Å²) in [5.41, 5.74) is 0.182. The number of hydrogen-bond acceptors (Lipinski definition) is 25. The van der Waals surface area contributed by atoms with Gasteiger partial charge in [0.2, 0.25) is 47.3 Å². The van der Waals surface area contributed by atoms with Crippen LogP contribution in [0.4, 0.5) is 0 Å². The molecule has 9 N–H and O–H groups in total. The van der Waals surface area contributed by atoms with E-state index >= 15 is 0 Å². The fraction of sp³-hybridized carbons (Fsp3) is 0.896. The summed E-state index contributed by atoms with van der Waals surface area (Å²) < 4.78 is 25.1. The largest absolute Gasteiger partial charge is 0.468 e. The first-order valence-electron chi connectivity index (χ1n) is 49.1. The standard InChI is InChI=1S/2C14H26N2O2.C13H26N2O.C11H23N3O.2C11H20N2O3.2C11H22N2O2/c1-11-5-3-7-16(14(17)13(11)15-2)9-12-6-4-8-18-10-12;1-11-4-3-7-16(14(17)13(11)15-2)10-12-5-8-18-9-6-12;1-10-7-6-8-15(9-13(2,3)4)12(16)11(10)14-5;1-9-6-5-7-14(8-13(3)4)11(15)10(9)12-2;2*1-8-5-4-6-13(7-9(14)16-3)11(15)10(8)12-2;1-9-5-4-6-13(7-8-15-3)11(14)10(9)12-2;1-8-5-4-6-13(7-9(2)14)11(15)10(8)12-3/h2*11-13,15H,3-10H2,1-2H3;10-11,14H,6-9H2,1-5H3;9-10,12H,5-8H2,1-4H3;2*8,10,12H,4-7H2,1-3H3;9-10,12H,4-8H2,1-3H3;8-10,12,14H,4-7H2,1-3H3. The Hall–Kier alpha value is -5.82. The summed E-state index contributed by atoms with van der Waals surface area (Å²) in [5, 5.41) is 34.2. The molecule has 0 aromatic rings. The van der Waals surface area contributed by atoms with Gasteiger partial charge in [-0.25, -0.2) is 0 Å². The number of amides is 8. The van der Waals surface area contributed by atoms with Crippen molar-refractivity contribution < 1.29 is 76.7 Å². The molecule has 10 aliphatic heterocycles. The molecular weight excluding hydrogens is 1650 g/mol. The van der Waals surface area contributed by atoms with Crippen molar-refractivity contribution in [1.29, 1.82) is 0 Å². The van der Waals surface area contributed by atoms with Crippen molar-refractivity contribution in [3.05, 3.63) is 0 Å². The maximum atomic E-state index is 12.5. The van der Waals surface area contributed by atoms with E-state index in [0.29, 0.717) is 97.9 Å². The molecule has 0 spiro atoms. The summed E-state index contributed by atoms with van der Waals surface area (Å²) >= 11 is 0. The van der Waals surface area contributed by atoms with E-state index in [1.165, 1.54) is 20.6 Å². The van der Waals surface area contributed by atoms with Gasteiger partial charge in [0.15, 0.2) is 0 Å². The summed E-state index contributed by atoms with van der Waals surface area (Å²) in [5.74, 6) is 5.09. The van der Waals surface area contributed by atoms with Crippen molar-refractivity contribution in [3.63, 3.8) is 0 Å². The first-order valence-corrected chi connectivity index (χ1v) is 49.1. The van der Waals surface area contributed by atoms with Gasteiger partial charge in [-0.2, -0.15) is 0 Å². The number of nitrogens with zero attached hydrogens (tertiary/aromatic N) is 9. The lowest BCUT2D eigenvalue weighted by Gasteiger charge is -2.31. The zero-order valence-corrected chi connectivity index (χ0v) is 85.1. The minimum Gasteiger partial charge on any atom is -0.468 e. The van der Waals surface area contributed by atoms with Crippen molar-refractivity contribution in [2.24, 2.45) is 64.6 Å². The second kappa shape index (κ2) is 63.4. The highest BCUT2D eigenvalue weighted by Gasteiger charge is 2.40. The zero-order chi connectivity index (χ0) is 96.6. The third-order valence-electron chi connectivity index (χ3n) is 27.2. The van der Waals surface area contributed by atoms with Crippen LogP contribution >= 0.6 is 0 Å². The van der Waals surface area contributed by atoms with Crippen LogP contribution in [0.1, 0.15) is 212 Å². The van der Waals surface area contributed by atoms with Crippen molar-refractivity contribution >= 4 is 59.2 Å². The SMILES string of the molecule is CNC1C(=O)N(CC(=O)OC)CCCC1C.CNC1C(=O)N(CC(=O)OC)CCCC1C.CNC1C(=O)N(CC(C)(C)C)CCCC1C.CNC1C(=O)N(CC(C)O)CCCC1C.CNC1C(=O)N(CC2CCCOC2)CCCC1C.CNC1C(=O)N(CC2CCOCC2)CCCC1C.CNC1C(=O)N(CCOC)CCCC1C.CNC1C(=O)N(CN(C)C)CCCC1C. The molecule has 0 saturated carbocycles. The number of likely N-dealkylation sites (tertiary alicyclic amines) is 8. The van der Waals surface area contributed by atoms with Crippen LogP contribution < -0.4 is 42.5 Å². The molecule has 33 nitrogen and oxygen atoms in total. The van der Waals surface area contributed by atoms with Crippen molar-refractivity contribution in [1.82, 2.24) is 86.6 Å². The zero-order valence-electron chi connectivity index (χ0n) is 85.1.